The number of ketones is 1. The largest absolute Gasteiger partial charge is 0.454 e. The van der Waals surface area contributed by atoms with Gasteiger partial charge in [0.25, 0.3) is 5.78 Å². The summed E-state index contributed by atoms with van der Waals surface area (Å²) in [4.78, 5) is 10.8. The molecule has 0 aliphatic rings. The molecule has 0 heterocycles. The Hall–Kier alpha value is -1.82. The van der Waals surface area contributed by atoms with Gasteiger partial charge in [0.2, 0.25) is 0 Å². The Morgan fingerprint density at radius 3 is 2.42 bits per heavy atom. The molecule has 0 radical (unpaired) electrons. The average Bonchev–Trinajstić information content (AvgIpc) is 2.35. The van der Waals surface area contributed by atoms with Crippen LogP contribution in [0, 0.1) is 0 Å². The first-order chi connectivity index (χ1) is 8.84. The molecule has 104 valence electrons. The molecule has 0 aliphatic heterocycles. The van der Waals surface area contributed by atoms with Gasteiger partial charge in [-0.2, -0.15) is 13.2 Å². The number of halogens is 3. The average molecular weight is 273 g/mol. The Bertz CT molecular complexity index is 455. The molecular weight excluding hydrogens is 259 g/mol. The second-order valence-electron chi connectivity index (χ2n) is 3.98. The van der Waals surface area contributed by atoms with Crippen LogP contribution < -0.4 is 5.32 Å². The zero-order valence-electron chi connectivity index (χ0n) is 10.2. The van der Waals surface area contributed by atoms with Crippen molar-refractivity contribution in [2.75, 3.05) is 6.61 Å². The van der Waals surface area contributed by atoms with Crippen LogP contribution in [-0.2, 0) is 4.79 Å². The van der Waals surface area contributed by atoms with Crippen LogP contribution in [0.3, 0.4) is 0 Å². The number of carbonyl (C=O) groups is 1. The van der Waals surface area contributed by atoms with E-state index in [9.17, 15) is 23.1 Å². The fourth-order valence-corrected chi connectivity index (χ4v) is 1.51. The van der Waals surface area contributed by atoms with Gasteiger partial charge in [0, 0.05) is 11.8 Å². The number of allylic oxidation sites excluding steroid dienone is 2. The number of aliphatic hydroxyl groups excluding tert-OH is 1. The summed E-state index contributed by atoms with van der Waals surface area (Å²) in [5.74, 6) is -1.93. The highest BCUT2D eigenvalue weighted by atomic mass is 19.4. The summed E-state index contributed by atoms with van der Waals surface area (Å²) in [6, 6.07) is 8.19. The van der Waals surface area contributed by atoms with Crippen molar-refractivity contribution in [3.63, 3.8) is 0 Å². The van der Waals surface area contributed by atoms with Crippen molar-refractivity contribution in [2.24, 2.45) is 0 Å². The van der Waals surface area contributed by atoms with Crippen molar-refractivity contribution in [1.29, 1.82) is 0 Å². The van der Waals surface area contributed by atoms with Gasteiger partial charge in [0.1, 0.15) is 0 Å². The van der Waals surface area contributed by atoms with Gasteiger partial charge < -0.3 is 10.4 Å². The minimum Gasteiger partial charge on any atom is -0.394 e. The fourth-order valence-electron chi connectivity index (χ4n) is 1.51. The molecule has 19 heavy (non-hydrogen) atoms. The second kappa shape index (κ2) is 6.38. The molecule has 6 heteroatoms. The van der Waals surface area contributed by atoms with Crippen LogP contribution in [0.2, 0.25) is 0 Å². The number of hydrogen-bond acceptors (Lipinski definition) is 3. The van der Waals surface area contributed by atoms with Gasteiger partial charge in [-0.05, 0) is 12.5 Å². The highest BCUT2D eigenvalue weighted by molar-refractivity contribution is 5.94. The van der Waals surface area contributed by atoms with Crippen LogP contribution in [-0.4, -0.2) is 23.7 Å². The zero-order chi connectivity index (χ0) is 14.5. The minimum absolute atomic E-state index is 0.0465. The number of nitrogens with one attached hydrogen (secondary N) is 1. The maximum atomic E-state index is 12.1. The molecule has 1 atom stereocenters. The van der Waals surface area contributed by atoms with Crippen molar-refractivity contribution in [3.05, 3.63) is 47.7 Å². The van der Waals surface area contributed by atoms with Crippen LogP contribution in [0.1, 0.15) is 18.5 Å². The van der Waals surface area contributed by atoms with E-state index < -0.39 is 18.0 Å². The summed E-state index contributed by atoms with van der Waals surface area (Å²) in [6.45, 7) is 1.05. The van der Waals surface area contributed by atoms with E-state index in [1.54, 1.807) is 30.3 Å². The van der Waals surface area contributed by atoms with E-state index in [1.807, 2.05) is 0 Å². The summed E-state index contributed by atoms with van der Waals surface area (Å²) in [6.07, 6.45) is -4.41. The summed E-state index contributed by atoms with van der Waals surface area (Å²) in [5.41, 5.74) is 0.766. The molecule has 0 aliphatic carbocycles. The van der Waals surface area contributed by atoms with Gasteiger partial charge in [-0.1, -0.05) is 30.3 Å². The Balaban J connectivity index is 2.77. The van der Waals surface area contributed by atoms with E-state index >= 15 is 0 Å². The first-order valence-electron chi connectivity index (χ1n) is 5.56. The van der Waals surface area contributed by atoms with E-state index in [0.29, 0.717) is 6.08 Å². The fraction of sp³-hybridized carbons (Fsp3) is 0.308. The highest BCUT2D eigenvalue weighted by Crippen LogP contribution is 2.18. The molecule has 0 bridgehead atoms. The standard InChI is InChI=1S/C13H14F3NO2/c1-9(7-12(19)13(14,15)16)17-11(8-18)10-5-3-2-4-6-10/h2-7,11,17-18H,8H2,1H3. The third kappa shape index (κ3) is 4.75. The lowest BCUT2D eigenvalue weighted by molar-refractivity contribution is -0.165. The maximum absolute atomic E-state index is 12.1. The third-order valence-corrected chi connectivity index (χ3v) is 2.41. The van der Waals surface area contributed by atoms with Crippen molar-refractivity contribution < 1.29 is 23.1 Å². The third-order valence-electron chi connectivity index (χ3n) is 2.41. The quantitative estimate of drug-likeness (QED) is 0.810. The van der Waals surface area contributed by atoms with Crippen molar-refractivity contribution >= 4 is 5.78 Å². The van der Waals surface area contributed by atoms with E-state index in [1.165, 1.54) is 6.92 Å². The number of alkyl halides is 3. The predicted molar refractivity (Wildman–Crippen MR) is 64.2 cm³/mol. The van der Waals surface area contributed by atoms with Crippen molar-refractivity contribution in [3.8, 4) is 0 Å². The lowest BCUT2D eigenvalue weighted by Crippen LogP contribution is -2.26. The number of carbonyl (C=O) groups excluding carboxylic acids is 1. The van der Waals surface area contributed by atoms with Crippen molar-refractivity contribution in [1.82, 2.24) is 5.32 Å². The van der Waals surface area contributed by atoms with Gasteiger partial charge in [-0.15, -0.1) is 0 Å². The molecule has 1 rings (SSSR count). The van der Waals surface area contributed by atoms with Crippen LogP contribution >= 0.6 is 0 Å². The Labute approximate surface area is 108 Å². The molecule has 0 saturated carbocycles. The lowest BCUT2D eigenvalue weighted by Gasteiger charge is -2.18. The highest BCUT2D eigenvalue weighted by Gasteiger charge is 2.36. The lowest BCUT2D eigenvalue weighted by atomic mass is 10.1. The molecular formula is C13H14F3NO2. The van der Waals surface area contributed by atoms with Gasteiger partial charge in [0.15, 0.2) is 0 Å². The van der Waals surface area contributed by atoms with E-state index in [2.05, 4.69) is 5.32 Å². The summed E-state index contributed by atoms with van der Waals surface area (Å²) >= 11 is 0. The zero-order valence-corrected chi connectivity index (χ0v) is 10.2. The summed E-state index contributed by atoms with van der Waals surface area (Å²) in [5, 5.41) is 11.9. The van der Waals surface area contributed by atoms with Crippen LogP contribution in [0.4, 0.5) is 13.2 Å². The molecule has 0 saturated heterocycles. The Kier molecular flexibility index (Phi) is 5.11. The number of rotatable bonds is 5. The molecule has 3 nitrogen and oxygen atoms in total. The molecule has 0 aromatic heterocycles. The molecule has 0 spiro atoms. The number of benzene rings is 1. The smallest absolute Gasteiger partial charge is 0.394 e. The number of hydrogen-bond donors (Lipinski definition) is 2. The van der Waals surface area contributed by atoms with E-state index in [-0.39, 0.29) is 12.3 Å². The summed E-state index contributed by atoms with van der Waals surface area (Å²) in [7, 11) is 0. The predicted octanol–water partition coefficient (Wildman–Crippen LogP) is 2.34. The van der Waals surface area contributed by atoms with Gasteiger partial charge in [0.05, 0.1) is 12.6 Å². The van der Waals surface area contributed by atoms with E-state index in [4.69, 9.17) is 0 Å². The molecule has 0 amide bonds. The van der Waals surface area contributed by atoms with Crippen LogP contribution in [0.25, 0.3) is 0 Å². The molecule has 2 N–H and O–H groups in total. The van der Waals surface area contributed by atoms with Crippen LogP contribution in [0.15, 0.2) is 42.1 Å². The number of aliphatic hydroxyl groups is 1. The maximum Gasteiger partial charge on any atom is 0.454 e. The monoisotopic (exact) mass is 273 g/mol. The normalized spacial score (nSPS) is 14.1. The molecule has 1 unspecified atom stereocenters. The second-order valence-corrected chi connectivity index (χ2v) is 3.98. The van der Waals surface area contributed by atoms with Crippen molar-refractivity contribution in [2.45, 2.75) is 19.1 Å². The minimum atomic E-state index is -4.88. The SMILES string of the molecule is CC(=CC(=O)C(F)(F)F)NC(CO)c1ccccc1. The topological polar surface area (TPSA) is 49.3 Å². The molecule has 1 aromatic rings. The van der Waals surface area contributed by atoms with Gasteiger partial charge in [-0.25, -0.2) is 0 Å². The van der Waals surface area contributed by atoms with Crippen LogP contribution in [0.5, 0.6) is 0 Å². The van der Waals surface area contributed by atoms with Gasteiger partial charge in [-0.3, -0.25) is 4.79 Å². The first-order valence-corrected chi connectivity index (χ1v) is 5.56. The summed E-state index contributed by atoms with van der Waals surface area (Å²) < 4.78 is 36.2. The Morgan fingerprint density at radius 1 is 1.37 bits per heavy atom. The Morgan fingerprint density at radius 2 is 1.95 bits per heavy atom. The molecule has 1 aromatic carbocycles. The first kappa shape index (κ1) is 15.2. The molecule has 0 fully saturated rings. The van der Waals surface area contributed by atoms with E-state index in [0.717, 1.165) is 5.56 Å². The van der Waals surface area contributed by atoms with Gasteiger partial charge >= 0.3 is 6.18 Å².